The average Bonchev–Trinajstić information content (AvgIpc) is 3.26. The van der Waals surface area contributed by atoms with E-state index in [1.165, 1.54) is 11.1 Å². The Bertz CT molecular complexity index is 772. The van der Waals surface area contributed by atoms with E-state index in [0.29, 0.717) is 0 Å². The molecule has 0 bridgehead atoms. The average molecular weight is 389 g/mol. The third-order valence-corrected chi connectivity index (χ3v) is 5.70. The van der Waals surface area contributed by atoms with Crippen molar-refractivity contribution >= 4 is 21.8 Å². The van der Waals surface area contributed by atoms with Crippen molar-refractivity contribution in [2.24, 2.45) is 13.0 Å². The van der Waals surface area contributed by atoms with E-state index >= 15 is 0 Å². The molecule has 3 atom stereocenters. The van der Waals surface area contributed by atoms with Crippen LogP contribution in [0.2, 0.25) is 0 Å². The molecule has 1 saturated heterocycles. The first-order chi connectivity index (χ1) is 11.6. The normalized spacial score (nSPS) is 25.7. The standard InChI is InChI=1S/C18H21BrN4O/c1-23-10-12(7-21-23)15-8-20-9-16(15)18(24)22-17-5-2-11-6-13(19)3-4-14(11)17/h3-4,6-7,10,15-17,20H,2,5,8-9H2,1H3,(H,22,24)/t15-,16+,17?/m1/s1. The van der Waals surface area contributed by atoms with Crippen LogP contribution in [0.1, 0.15) is 35.1 Å². The molecule has 126 valence electrons. The molecular formula is C18H21BrN4O. The SMILES string of the molecule is Cn1cc([C@H]2CNC[C@@H]2C(=O)NC2CCc3cc(Br)ccc32)cn1. The molecule has 0 saturated carbocycles. The Hall–Kier alpha value is -1.66. The number of aryl methyl sites for hydroxylation is 2. The number of carbonyl (C=O) groups excluding carboxylic acids is 1. The monoisotopic (exact) mass is 388 g/mol. The zero-order valence-electron chi connectivity index (χ0n) is 13.6. The van der Waals surface area contributed by atoms with E-state index in [-0.39, 0.29) is 23.8 Å². The van der Waals surface area contributed by atoms with E-state index in [1.807, 2.05) is 19.4 Å². The number of carbonyl (C=O) groups is 1. The molecule has 1 aliphatic carbocycles. The van der Waals surface area contributed by atoms with Gasteiger partial charge in [-0.05, 0) is 41.7 Å². The van der Waals surface area contributed by atoms with Gasteiger partial charge >= 0.3 is 0 Å². The zero-order chi connectivity index (χ0) is 16.7. The molecule has 1 fully saturated rings. The predicted octanol–water partition coefficient (Wildman–Crippen LogP) is 2.29. The number of hydrogen-bond acceptors (Lipinski definition) is 3. The molecule has 24 heavy (non-hydrogen) atoms. The highest BCUT2D eigenvalue weighted by Gasteiger charge is 2.36. The van der Waals surface area contributed by atoms with E-state index in [0.717, 1.165) is 36.0 Å². The number of rotatable bonds is 3. The molecule has 0 radical (unpaired) electrons. The van der Waals surface area contributed by atoms with Crippen molar-refractivity contribution in [1.82, 2.24) is 20.4 Å². The lowest BCUT2D eigenvalue weighted by Crippen LogP contribution is -2.36. The van der Waals surface area contributed by atoms with Crippen LogP contribution in [0.15, 0.2) is 35.1 Å². The molecule has 2 heterocycles. The van der Waals surface area contributed by atoms with Crippen molar-refractivity contribution < 1.29 is 4.79 Å². The topological polar surface area (TPSA) is 59.0 Å². The van der Waals surface area contributed by atoms with Gasteiger partial charge in [0.15, 0.2) is 0 Å². The van der Waals surface area contributed by atoms with Gasteiger partial charge in [-0.25, -0.2) is 0 Å². The molecule has 2 aromatic rings. The Morgan fingerprint density at radius 3 is 3.08 bits per heavy atom. The Morgan fingerprint density at radius 2 is 2.29 bits per heavy atom. The Balaban J connectivity index is 1.49. The summed E-state index contributed by atoms with van der Waals surface area (Å²) in [5.41, 5.74) is 3.73. The minimum Gasteiger partial charge on any atom is -0.349 e. The van der Waals surface area contributed by atoms with Gasteiger partial charge in [0, 0.05) is 36.7 Å². The number of hydrogen-bond donors (Lipinski definition) is 2. The Labute approximate surface area is 149 Å². The molecule has 1 aromatic carbocycles. The number of nitrogens with one attached hydrogen (secondary N) is 2. The van der Waals surface area contributed by atoms with Crippen molar-refractivity contribution in [2.45, 2.75) is 24.8 Å². The maximum Gasteiger partial charge on any atom is 0.225 e. The molecule has 1 aromatic heterocycles. The fraction of sp³-hybridized carbons (Fsp3) is 0.444. The number of benzene rings is 1. The summed E-state index contributed by atoms with van der Waals surface area (Å²) < 4.78 is 2.90. The van der Waals surface area contributed by atoms with Crippen LogP contribution in [0.4, 0.5) is 0 Å². The summed E-state index contributed by atoms with van der Waals surface area (Å²) in [7, 11) is 1.91. The number of halogens is 1. The second kappa shape index (κ2) is 6.33. The van der Waals surface area contributed by atoms with Gasteiger partial charge in [-0.1, -0.05) is 22.0 Å². The lowest BCUT2D eigenvalue weighted by Gasteiger charge is -2.21. The summed E-state index contributed by atoms with van der Waals surface area (Å²) >= 11 is 3.52. The highest BCUT2D eigenvalue weighted by Crippen LogP contribution is 2.34. The Morgan fingerprint density at radius 1 is 1.42 bits per heavy atom. The van der Waals surface area contributed by atoms with E-state index < -0.39 is 0 Å². The second-order valence-electron chi connectivity index (χ2n) is 6.76. The quantitative estimate of drug-likeness (QED) is 0.847. The number of fused-ring (bicyclic) bond motifs is 1. The van der Waals surface area contributed by atoms with E-state index in [2.05, 4.69) is 49.9 Å². The van der Waals surface area contributed by atoms with E-state index in [9.17, 15) is 4.79 Å². The van der Waals surface area contributed by atoms with Gasteiger partial charge in [-0.3, -0.25) is 9.48 Å². The van der Waals surface area contributed by atoms with Gasteiger partial charge < -0.3 is 10.6 Å². The minimum atomic E-state index is -0.0336. The number of nitrogens with zero attached hydrogens (tertiary/aromatic N) is 2. The first-order valence-electron chi connectivity index (χ1n) is 8.40. The summed E-state index contributed by atoms with van der Waals surface area (Å²) in [5.74, 6) is 0.313. The van der Waals surface area contributed by atoms with Crippen molar-refractivity contribution in [3.63, 3.8) is 0 Å². The Kier molecular flexibility index (Phi) is 4.18. The van der Waals surface area contributed by atoms with Crippen LogP contribution in [-0.2, 0) is 18.3 Å². The first-order valence-corrected chi connectivity index (χ1v) is 9.19. The van der Waals surface area contributed by atoms with Gasteiger partial charge in [0.1, 0.15) is 0 Å². The van der Waals surface area contributed by atoms with Crippen LogP contribution in [0.25, 0.3) is 0 Å². The number of amides is 1. The fourth-order valence-corrected chi connectivity index (χ4v) is 4.36. The van der Waals surface area contributed by atoms with Gasteiger partial charge in [0.25, 0.3) is 0 Å². The summed E-state index contributed by atoms with van der Waals surface area (Å²) in [6.45, 7) is 1.56. The predicted molar refractivity (Wildman–Crippen MR) is 95.7 cm³/mol. The first kappa shape index (κ1) is 15.8. The van der Waals surface area contributed by atoms with Crippen LogP contribution in [0.5, 0.6) is 0 Å². The third kappa shape index (κ3) is 2.89. The van der Waals surface area contributed by atoms with E-state index in [1.54, 1.807) is 4.68 Å². The van der Waals surface area contributed by atoms with Crippen molar-refractivity contribution in [1.29, 1.82) is 0 Å². The second-order valence-corrected chi connectivity index (χ2v) is 7.68. The van der Waals surface area contributed by atoms with Crippen LogP contribution in [0.3, 0.4) is 0 Å². The van der Waals surface area contributed by atoms with Crippen molar-refractivity contribution in [3.8, 4) is 0 Å². The summed E-state index contributed by atoms with van der Waals surface area (Å²) in [6, 6.07) is 6.48. The van der Waals surface area contributed by atoms with Crippen LogP contribution in [0, 0.1) is 5.92 Å². The van der Waals surface area contributed by atoms with Crippen molar-refractivity contribution in [3.05, 3.63) is 51.8 Å². The molecule has 5 nitrogen and oxygen atoms in total. The van der Waals surface area contributed by atoms with Crippen molar-refractivity contribution in [2.75, 3.05) is 13.1 Å². The van der Waals surface area contributed by atoms with Gasteiger partial charge in [0.2, 0.25) is 5.91 Å². The largest absolute Gasteiger partial charge is 0.349 e. The van der Waals surface area contributed by atoms with Crippen LogP contribution >= 0.6 is 15.9 Å². The lowest BCUT2D eigenvalue weighted by atomic mass is 9.90. The molecule has 4 rings (SSSR count). The van der Waals surface area contributed by atoms with E-state index in [4.69, 9.17) is 0 Å². The van der Waals surface area contributed by atoms with Crippen LogP contribution in [-0.4, -0.2) is 28.8 Å². The molecule has 2 N–H and O–H groups in total. The molecule has 1 aliphatic heterocycles. The lowest BCUT2D eigenvalue weighted by molar-refractivity contribution is -0.125. The maximum absolute atomic E-state index is 12.9. The molecule has 1 unspecified atom stereocenters. The van der Waals surface area contributed by atoms with Crippen LogP contribution < -0.4 is 10.6 Å². The molecule has 2 aliphatic rings. The number of aromatic nitrogens is 2. The fourth-order valence-electron chi connectivity index (χ4n) is 3.95. The van der Waals surface area contributed by atoms with Gasteiger partial charge in [-0.2, -0.15) is 5.10 Å². The molecular weight excluding hydrogens is 368 g/mol. The smallest absolute Gasteiger partial charge is 0.225 e. The maximum atomic E-state index is 12.9. The summed E-state index contributed by atoms with van der Waals surface area (Å²) in [4.78, 5) is 12.9. The molecule has 6 heteroatoms. The molecule has 0 spiro atoms. The third-order valence-electron chi connectivity index (χ3n) is 5.20. The highest BCUT2D eigenvalue weighted by molar-refractivity contribution is 9.10. The summed E-state index contributed by atoms with van der Waals surface area (Å²) in [5, 5.41) is 10.9. The molecule has 1 amide bonds. The zero-order valence-corrected chi connectivity index (χ0v) is 15.2. The highest BCUT2D eigenvalue weighted by atomic mass is 79.9. The van der Waals surface area contributed by atoms with Gasteiger partial charge in [0.05, 0.1) is 18.2 Å². The minimum absolute atomic E-state index is 0.0336. The van der Waals surface area contributed by atoms with Gasteiger partial charge in [-0.15, -0.1) is 0 Å². The summed E-state index contributed by atoms with van der Waals surface area (Å²) in [6.07, 6.45) is 5.89.